The first-order valence-corrected chi connectivity index (χ1v) is 12.8. The zero-order valence-corrected chi connectivity index (χ0v) is 19.4. The molecule has 0 N–H and O–H groups in total. The highest BCUT2D eigenvalue weighted by Crippen LogP contribution is 2.37. The Morgan fingerprint density at radius 3 is 2.47 bits per heavy atom. The molecule has 0 radical (unpaired) electrons. The van der Waals surface area contributed by atoms with Gasteiger partial charge in [0.25, 0.3) is 0 Å². The molecule has 2 aliphatic rings. The minimum Gasteiger partial charge on any atom is -0.462 e. The Morgan fingerprint density at radius 2 is 1.82 bits per heavy atom. The van der Waals surface area contributed by atoms with Crippen molar-refractivity contribution in [2.75, 3.05) is 44.3 Å². The van der Waals surface area contributed by atoms with E-state index in [-0.39, 0.29) is 54.2 Å². The van der Waals surface area contributed by atoms with E-state index in [0.29, 0.717) is 32.0 Å². The van der Waals surface area contributed by atoms with Gasteiger partial charge in [-0.3, -0.25) is 0 Å². The van der Waals surface area contributed by atoms with Crippen molar-refractivity contribution in [3.05, 3.63) is 35.7 Å². The van der Waals surface area contributed by atoms with Crippen molar-refractivity contribution in [3.8, 4) is 11.8 Å². The molecular formula is C21H26F2N4O6S. The first kappa shape index (κ1) is 24.2. The van der Waals surface area contributed by atoms with Gasteiger partial charge in [0.15, 0.2) is 9.84 Å². The van der Waals surface area contributed by atoms with Gasteiger partial charge in [-0.1, -0.05) is 12.1 Å². The fourth-order valence-electron chi connectivity index (χ4n) is 4.28. The van der Waals surface area contributed by atoms with E-state index in [1.54, 1.807) is 28.9 Å². The molecule has 3 heterocycles. The molecule has 1 aromatic heterocycles. The molecule has 2 unspecified atom stereocenters. The highest BCUT2D eigenvalue weighted by atomic mass is 32.2. The zero-order valence-electron chi connectivity index (χ0n) is 18.6. The fourth-order valence-corrected chi connectivity index (χ4v) is 5.48. The number of aromatic nitrogens is 2. The van der Waals surface area contributed by atoms with E-state index in [1.165, 1.54) is 12.1 Å². The molecule has 2 aromatic rings. The van der Waals surface area contributed by atoms with Gasteiger partial charge < -0.3 is 23.8 Å². The number of hydrogen-bond acceptors (Lipinski definition) is 8. The van der Waals surface area contributed by atoms with Crippen molar-refractivity contribution >= 4 is 15.9 Å². The molecule has 0 aliphatic carbocycles. The molecule has 0 saturated carbocycles. The second-order valence-electron chi connectivity index (χ2n) is 8.25. The Morgan fingerprint density at radius 1 is 1.15 bits per heavy atom. The number of benzene rings is 1. The van der Waals surface area contributed by atoms with Crippen molar-refractivity contribution in [1.29, 1.82) is 0 Å². The van der Waals surface area contributed by atoms with E-state index in [9.17, 15) is 22.0 Å². The number of halogens is 2. The number of hydrogen-bond donors (Lipinski definition) is 0. The van der Waals surface area contributed by atoms with Crippen LogP contribution in [-0.4, -0.2) is 85.3 Å². The van der Waals surface area contributed by atoms with Crippen LogP contribution in [0.2, 0.25) is 0 Å². The third-order valence-electron chi connectivity index (χ3n) is 5.96. The van der Waals surface area contributed by atoms with Gasteiger partial charge >= 0.3 is 18.7 Å². The number of sulfone groups is 1. The van der Waals surface area contributed by atoms with Gasteiger partial charge in [0.1, 0.15) is 5.75 Å². The largest absolute Gasteiger partial charge is 0.462 e. The van der Waals surface area contributed by atoms with Crippen molar-refractivity contribution in [1.82, 2.24) is 19.9 Å². The maximum Gasteiger partial charge on any atom is 0.387 e. The molecular weight excluding hydrogens is 474 g/mol. The summed E-state index contributed by atoms with van der Waals surface area (Å²) >= 11 is 0. The fraction of sp³-hybridized carbons (Fsp3) is 0.571. The highest BCUT2D eigenvalue weighted by Gasteiger charge is 2.37. The van der Waals surface area contributed by atoms with Crippen LogP contribution in [0.1, 0.15) is 36.6 Å². The van der Waals surface area contributed by atoms with Crippen LogP contribution in [0.15, 0.2) is 28.8 Å². The number of ether oxygens (including phenoxy) is 2. The van der Waals surface area contributed by atoms with Gasteiger partial charge in [0.05, 0.1) is 24.0 Å². The van der Waals surface area contributed by atoms with E-state index in [0.717, 1.165) is 5.56 Å². The summed E-state index contributed by atoms with van der Waals surface area (Å²) in [6, 6.07) is 6.18. The van der Waals surface area contributed by atoms with Gasteiger partial charge in [-0.15, -0.1) is 0 Å². The quantitative estimate of drug-likeness (QED) is 0.594. The van der Waals surface area contributed by atoms with Crippen LogP contribution in [0.5, 0.6) is 11.8 Å². The molecule has 2 saturated heterocycles. The molecule has 13 heteroatoms. The van der Waals surface area contributed by atoms with Gasteiger partial charge in [0, 0.05) is 32.1 Å². The summed E-state index contributed by atoms with van der Waals surface area (Å²) in [4.78, 5) is 20.8. The molecule has 186 valence electrons. The summed E-state index contributed by atoms with van der Waals surface area (Å²) in [6.45, 7) is 0.237. The lowest BCUT2D eigenvalue weighted by molar-refractivity contribution is -0.0498. The summed E-state index contributed by atoms with van der Waals surface area (Å²) < 4.78 is 63.6. The standard InChI is InChI=1S/C21H26F2N4O6S/c1-2-31-20-24-18(33-25-20)16-11-15(14-3-5-17(6-4-14)32-19(22)23)12-27(13-16)21(28)26-7-9-34(29,30)10-8-26/h3-6,15-16,19H,2,7-13H2,1H3. The number of urea groups is 1. The van der Waals surface area contributed by atoms with Crippen LogP contribution in [0.4, 0.5) is 13.6 Å². The number of carbonyl (C=O) groups is 1. The number of nitrogens with zero attached hydrogens (tertiary/aromatic N) is 4. The molecule has 10 nitrogen and oxygen atoms in total. The smallest absolute Gasteiger partial charge is 0.387 e. The lowest BCUT2D eigenvalue weighted by Gasteiger charge is -2.40. The van der Waals surface area contributed by atoms with E-state index < -0.39 is 16.4 Å². The summed E-state index contributed by atoms with van der Waals surface area (Å²) in [5, 5.41) is 3.82. The van der Waals surface area contributed by atoms with Crippen molar-refractivity contribution in [2.24, 2.45) is 0 Å². The van der Waals surface area contributed by atoms with Crippen molar-refractivity contribution in [3.63, 3.8) is 0 Å². The maximum atomic E-state index is 13.3. The molecule has 2 fully saturated rings. The molecule has 4 rings (SSSR count). The SMILES string of the molecule is CCOc1noc(C2CC(c3ccc(OC(F)F)cc3)CN(C(=O)N3CCS(=O)(=O)CC3)C2)n1. The highest BCUT2D eigenvalue weighted by molar-refractivity contribution is 7.91. The average molecular weight is 501 g/mol. The van der Waals surface area contributed by atoms with Crippen LogP contribution in [0.3, 0.4) is 0 Å². The Balaban J connectivity index is 1.55. The zero-order chi connectivity index (χ0) is 24.3. The van der Waals surface area contributed by atoms with Crippen LogP contribution in [-0.2, 0) is 9.84 Å². The van der Waals surface area contributed by atoms with Crippen LogP contribution >= 0.6 is 0 Å². The molecule has 2 amide bonds. The number of alkyl halides is 2. The third-order valence-corrected chi connectivity index (χ3v) is 7.57. The summed E-state index contributed by atoms with van der Waals surface area (Å²) in [6.07, 6.45) is 0.584. The second-order valence-corrected chi connectivity index (χ2v) is 10.6. The average Bonchev–Trinajstić information content (AvgIpc) is 3.27. The molecule has 34 heavy (non-hydrogen) atoms. The predicted molar refractivity (Wildman–Crippen MR) is 116 cm³/mol. The van der Waals surface area contributed by atoms with Crippen LogP contribution in [0.25, 0.3) is 0 Å². The minimum atomic E-state index is -3.13. The van der Waals surface area contributed by atoms with E-state index in [4.69, 9.17) is 9.26 Å². The molecule has 0 spiro atoms. The molecule has 2 aliphatic heterocycles. The third kappa shape index (κ3) is 5.75. The number of rotatable bonds is 6. The van der Waals surface area contributed by atoms with Crippen LogP contribution < -0.4 is 9.47 Å². The summed E-state index contributed by atoms with van der Waals surface area (Å²) in [7, 11) is -3.13. The van der Waals surface area contributed by atoms with Crippen molar-refractivity contribution < 1.29 is 36.0 Å². The van der Waals surface area contributed by atoms with Gasteiger partial charge in [0.2, 0.25) is 5.89 Å². The predicted octanol–water partition coefficient (Wildman–Crippen LogP) is 2.49. The Kier molecular flexibility index (Phi) is 7.19. The Bertz CT molecular complexity index is 1080. The van der Waals surface area contributed by atoms with E-state index in [1.807, 2.05) is 0 Å². The summed E-state index contributed by atoms with van der Waals surface area (Å²) in [5.41, 5.74) is 0.842. The number of likely N-dealkylation sites (tertiary alicyclic amines) is 1. The van der Waals surface area contributed by atoms with Crippen LogP contribution in [0, 0.1) is 0 Å². The van der Waals surface area contributed by atoms with E-state index in [2.05, 4.69) is 14.9 Å². The topological polar surface area (TPSA) is 115 Å². The van der Waals surface area contributed by atoms with Gasteiger partial charge in [-0.2, -0.15) is 13.8 Å². The molecule has 2 atom stereocenters. The molecule has 1 aromatic carbocycles. The second kappa shape index (κ2) is 10.1. The molecule has 0 bridgehead atoms. The minimum absolute atomic E-state index is 0.0480. The van der Waals surface area contributed by atoms with Gasteiger partial charge in [-0.25, -0.2) is 13.2 Å². The lowest BCUT2D eigenvalue weighted by atomic mass is 9.84. The van der Waals surface area contributed by atoms with Crippen molar-refractivity contribution in [2.45, 2.75) is 31.8 Å². The first-order valence-electron chi connectivity index (χ1n) is 11.0. The number of carbonyl (C=O) groups excluding carboxylic acids is 1. The Labute approximate surface area is 195 Å². The number of piperidine rings is 1. The maximum absolute atomic E-state index is 13.3. The van der Waals surface area contributed by atoms with Gasteiger partial charge in [-0.05, 0) is 36.2 Å². The Hall–Kier alpha value is -2.96. The normalized spacial score (nSPS) is 22.6. The first-order chi connectivity index (χ1) is 16.2. The lowest BCUT2D eigenvalue weighted by Crippen LogP contribution is -2.53. The van der Waals surface area contributed by atoms with E-state index >= 15 is 0 Å². The monoisotopic (exact) mass is 500 g/mol. The summed E-state index contributed by atoms with van der Waals surface area (Å²) in [5.74, 6) is -0.162. The number of amides is 2.